The summed E-state index contributed by atoms with van der Waals surface area (Å²) in [6.45, 7) is 6.52. The molecule has 1 N–H and O–H groups in total. The summed E-state index contributed by atoms with van der Waals surface area (Å²) in [4.78, 5) is 39.4. The van der Waals surface area contributed by atoms with E-state index in [0.717, 1.165) is 0 Å². The third kappa shape index (κ3) is 4.47. The van der Waals surface area contributed by atoms with Gasteiger partial charge in [0.1, 0.15) is 5.54 Å². The number of para-hydroxylation sites is 2. The van der Waals surface area contributed by atoms with Gasteiger partial charge in [-0.2, -0.15) is 0 Å². The normalized spacial score (nSPS) is 14.5. The van der Waals surface area contributed by atoms with Crippen molar-refractivity contribution in [1.82, 2.24) is 0 Å². The molecule has 0 fully saturated rings. The molecule has 8 heteroatoms. The zero-order chi connectivity index (χ0) is 22.8. The van der Waals surface area contributed by atoms with Crippen LogP contribution in [0.1, 0.15) is 38.1 Å². The van der Waals surface area contributed by atoms with Crippen LogP contribution in [0.5, 0.6) is 11.5 Å². The SMILES string of the molecule is COc1cc(C(=O)OCC(=O)N2c3ccccc3NC(=O)C2(C)C)ccc1OC(C)C. The predicted octanol–water partition coefficient (Wildman–Crippen LogP) is 3.40. The number of methoxy groups -OCH3 is 1. The number of anilines is 2. The predicted molar refractivity (Wildman–Crippen MR) is 116 cm³/mol. The molecule has 1 heterocycles. The molecule has 0 saturated carbocycles. The first-order valence-corrected chi connectivity index (χ1v) is 9.90. The van der Waals surface area contributed by atoms with E-state index in [4.69, 9.17) is 14.2 Å². The number of rotatable bonds is 6. The molecule has 164 valence electrons. The fourth-order valence-corrected chi connectivity index (χ4v) is 3.32. The highest BCUT2D eigenvalue weighted by Crippen LogP contribution is 2.36. The van der Waals surface area contributed by atoms with E-state index in [1.807, 2.05) is 13.8 Å². The van der Waals surface area contributed by atoms with E-state index in [1.54, 1.807) is 50.2 Å². The molecule has 0 unspecified atom stereocenters. The van der Waals surface area contributed by atoms with Crippen LogP contribution in [-0.4, -0.2) is 43.1 Å². The number of ether oxygens (including phenoxy) is 3. The number of hydrogen-bond acceptors (Lipinski definition) is 6. The van der Waals surface area contributed by atoms with Crippen molar-refractivity contribution in [3.63, 3.8) is 0 Å². The molecule has 2 aromatic carbocycles. The van der Waals surface area contributed by atoms with E-state index < -0.39 is 24.0 Å². The fraction of sp³-hybridized carbons (Fsp3) is 0.348. The molecule has 0 aliphatic carbocycles. The molecule has 3 rings (SSSR count). The van der Waals surface area contributed by atoms with Crippen molar-refractivity contribution in [2.75, 3.05) is 23.9 Å². The molecular formula is C23H26N2O6. The van der Waals surface area contributed by atoms with Crippen molar-refractivity contribution >= 4 is 29.2 Å². The van der Waals surface area contributed by atoms with Gasteiger partial charge in [0.05, 0.1) is 30.2 Å². The second-order valence-electron chi connectivity index (χ2n) is 7.87. The van der Waals surface area contributed by atoms with Crippen molar-refractivity contribution < 1.29 is 28.6 Å². The van der Waals surface area contributed by atoms with Crippen LogP contribution in [-0.2, 0) is 14.3 Å². The Balaban J connectivity index is 1.76. The number of carbonyl (C=O) groups is 3. The van der Waals surface area contributed by atoms with Gasteiger partial charge in [-0.05, 0) is 58.0 Å². The van der Waals surface area contributed by atoms with Gasteiger partial charge in [0.2, 0.25) is 5.91 Å². The minimum absolute atomic E-state index is 0.0581. The fourth-order valence-electron chi connectivity index (χ4n) is 3.32. The summed E-state index contributed by atoms with van der Waals surface area (Å²) in [5.41, 5.74) is 0.149. The topological polar surface area (TPSA) is 94.2 Å². The Morgan fingerprint density at radius 1 is 1.10 bits per heavy atom. The van der Waals surface area contributed by atoms with Gasteiger partial charge < -0.3 is 19.5 Å². The van der Waals surface area contributed by atoms with Crippen LogP contribution in [0.3, 0.4) is 0 Å². The number of benzene rings is 2. The summed E-state index contributed by atoms with van der Waals surface area (Å²) in [5.74, 6) is -0.626. The third-order valence-corrected chi connectivity index (χ3v) is 4.85. The maximum atomic E-state index is 13.0. The molecular weight excluding hydrogens is 400 g/mol. The summed E-state index contributed by atoms with van der Waals surface area (Å²) in [6.07, 6.45) is -0.0581. The van der Waals surface area contributed by atoms with Crippen molar-refractivity contribution in [2.45, 2.75) is 39.3 Å². The number of carbonyl (C=O) groups excluding carboxylic acids is 3. The minimum atomic E-state index is -1.14. The first kappa shape index (κ1) is 22.1. The van der Waals surface area contributed by atoms with Crippen LogP contribution in [0.2, 0.25) is 0 Å². The summed E-state index contributed by atoms with van der Waals surface area (Å²) in [5, 5.41) is 2.79. The summed E-state index contributed by atoms with van der Waals surface area (Å²) < 4.78 is 16.2. The van der Waals surface area contributed by atoms with Gasteiger partial charge in [0, 0.05) is 0 Å². The van der Waals surface area contributed by atoms with Crippen LogP contribution >= 0.6 is 0 Å². The minimum Gasteiger partial charge on any atom is -0.493 e. The van der Waals surface area contributed by atoms with Crippen LogP contribution in [0.25, 0.3) is 0 Å². The maximum absolute atomic E-state index is 13.0. The Morgan fingerprint density at radius 2 is 1.81 bits per heavy atom. The number of hydrogen-bond donors (Lipinski definition) is 1. The number of esters is 1. The van der Waals surface area contributed by atoms with Crippen LogP contribution in [0, 0.1) is 0 Å². The number of amides is 2. The summed E-state index contributed by atoms with van der Waals surface area (Å²) >= 11 is 0. The van der Waals surface area contributed by atoms with E-state index >= 15 is 0 Å². The van der Waals surface area contributed by atoms with E-state index in [0.29, 0.717) is 22.9 Å². The van der Waals surface area contributed by atoms with Gasteiger partial charge in [-0.15, -0.1) is 0 Å². The maximum Gasteiger partial charge on any atom is 0.338 e. The standard InChI is InChI=1S/C23H26N2O6/c1-14(2)31-18-11-10-15(12-19(18)29-5)21(27)30-13-20(26)25-17-9-7-6-8-16(17)24-22(28)23(25,3)4/h6-12,14H,13H2,1-5H3,(H,24,28). The monoisotopic (exact) mass is 426 g/mol. The Bertz CT molecular complexity index is 1010. The molecule has 1 aliphatic rings. The van der Waals surface area contributed by atoms with Crippen LogP contribution in [0.15, 0.2) is 42.5 Å². The molecule has 8 nitrogen and oxygen atoms in total. The molecule has 0 aromatic heterocycles. The Labute approximate surface area is 181 Å². The van der Waals surface area contributed by atoms with Gasteiger partial charge in [0.25, 0.3) is 5.91 Å². The van der Waals surface area contributed by atoms with Crippen LogP contribution in [0.4, 0.5) is 11.4 Å². The van der Waals surface area contributed by atoms with E-state index in [1.165, 1.54) is 18.1 Å². The Hall–Kier alpha value is -3.55. The van der Waals surface area contributed by atoms with Gasteiger partial charge in [-0.25, -0.2) is 4.79 Å². The zero-order valence-corrected chi connectivity index (χ0v) is 18.2. The average Bonchev–Trinajstić information content (AvgIpc) is 2.72. The van der Waals surface area contributed by atoms with Gasteiger partial charge in [0.15, 0.2) is 18.1 Å². The zero-order valence-electron chi connectivity index (χ0n) is 18.2. The van der Waals surface area contributed by atoms with Crippen molar-refractivity contribution in [3.8, 4) is 11.5 Å². The largest absolute Gasteiger partial charge is 0.493 e. The van der Waals surface area contributed by atoms with Crippen molar-refractivity contribution in [3.05, 3.63) is 48.0 Å². The quantitative estimate of drug-likeness (QED) is 0.712. The molecule has 0 saturated heterocycles. The second kappa shape index (κ2) is 8.67. The molecule has 31 heavy (non-hydrogen) atoms. The summed E-state index contributed by atoms with van der Waals surface area (Å²) in [6, 6.07) is 11.6. The molecule has 0 atom stereocenters. The van der Waals surface area contributed by atoms with Gasteiger partial charge in [-0.3, -0.25) is 14.5 Å². The van der Waals surface area contributed by atoms with Gasteiger partial charge >= 0.3 is 5.97 Å². The third-order valence-electron chi connectivity index (χ3n) is 4.85. The highest BCUT2D eigenvalue weighted by atomic mass is 16.5. The van der Waals surface area contributed by atoms with E-state index in [2.05, 4.69) is 5.32 Å². The lowest BCUT2D eigenvalue weighted by Crippen LogP contribution is -2.59. The van der Waals surface area contributed by atoms with E-state index in [9.17, 15) is 14.4 Å². The van der Waals surface area contributed by atoms with Crippen molar-refractivity contribution in [1.29, 1.82) is 0 Å². The Kier molecular flexibility index (Phi) is 6.19. The number of fused-ring (bicyclic) bond motifs is 1. The average molecular weight is 426 g/mol. The van der Waals surface area contributed by atoms with Gasteiger partial charge in [-0.1, -0.05) is 12.1 Å². The van der Waals surface area contributed by atoms with Crippen molar-refractivity contribution in [2.24, 2.45) is 0 Å². The lowest BCUT2D eigenvalue weighted by atomic mass is 9.96. The molecule has 0 spiro atoms. The lowest BCUT2D eigenvalue weighted by molar-refractivity contribution is -0.128. The highest BCUT2D eigenvalue weighted by Gasteiger charge is 2.43. The first-order valence-electron chi connectivity index (χ1n) is 9.90. The Morgan fingerprint density at radius 3 is 2.48 bits per heavy atom. The number of nitrogens with zero attached hydrogens (tertiary/aromatic N) is 1. The second-order valence-corrected chi connectivity index (χ2v) is 7.87. The first-order chi connectivity index (χ1) is 14.6. The molecule has 2 amide bonds. The lowest BCUT2D eigenvalue weighted by Gasteiger charge is -2.41. The molecule has 1 aliphatic heterocycles. The highest BCUT2D eigenvalue weighted by molar-refractivity contribution is 6.14. The van der Waals surface area contributed by atoms with E-state index in [-0.39, 0.29) is 17.6 Å². The smallest absolute Gasteiger partial charge is 0.338 e. The summed E-state index contributed by atoms with van der Waals surface area (Å²) in [7, 11) is 1.47. The molecule has 2 aromatic rings. The number of nitrogens with one attached hydrogen (secondary N) is 1. The molecule has 0 bridgehead atoms. The van der Waals surface area contributed by atoms with Crippen LogP contribution < -0.4 is 19.7 Å². The molecule has 0 radical (unpaired) electrons.